The first-order valence-electron chi connectivity index (χ1n) is 11.8. The number of ether oxygens (including phenoxy) is 1. The highest BCUT2D eigenvalue weighted by Crippen LogP contribution is 2.45. The molecule has 4 nitrogen and oxygen atoms in total. The van der Waals surface area contributed by atoms with Gasteiger partial charge in [0.2, 0.25) is 5.91 Å². The number of hydrogen-bond donors (Lipinski definition) is 1. The van der Waals surface area contributed by atoms with Gasteiger partial charge in [-0.1, -0.05) is 59.7 Å². The number of amides is 1. The van der Waals surface area contributed by atoms with Crippen molar-refractivity contribution in [3.8, 4) is 0 Å². The quantitative estimate of drug-likeness (QED) is 0.511. The Balaban J connectivity index is 1.58. The highest BCUT2D eigenvalue weighted by Gasteiger charge is 2.37. The first kappa shape index (κ1) is 24.0. The van der Waals surface area contributed by atoms with Crippen LogP contribution in [0.15, 0.2) is 42.5 Å². The van der Waals surface area contributed by atoms with E-state index in [2.05, 4.69) is 39.1 Å². The molecule has 3 rings (SSSR count). The Hall–Kier alpha value is -2.62. The number of rotatable bonds is 7. The predicted octanol–water partition coefficient (Wildman–Crippen LogP) is 6.42. The molecule has 0 bridgehead atoms. The van der Waals surface area contributed by atoms with Crippen molar-refractivity contribution < 1.29 is 14.3 Å². The zero-order valence-corrected chi connectivity index (χ0v) is 20.4. The van der Waals surface area contributed by atoms with E-state index >= 15 is 0 Å². The normalized spacial score (nSPS) is 17.2. The second kappa shape index (κ2) is 9.48. The standard InChI is InChI=1S/C28H37NO3/c1-7-19(2)25(30)29-22-11-8-20(9-12-22)14-17-32-26(31)21-10-13-23-24(18-21)28(5,6)16-15-27(23,3)4/h8-13,18-19H,7,14-17H2,1-6H3,(H,29,30). The number of fused-ring (bicyclic) bond motifs is 1. The summed E-state index contributed by atoms with van der Waals surface area (Å²) in [6, 6.07) is 13.8. The van der Waals surface area contributed by atoms with Crippen LogP contribution in [0.2, 0.25) is 0 Å². The van der Waals surface area contributed by atoms with Gasteiger partial charge in [0, 0.05) is 18.0 Å². The molecular weight excluding hydrogens is 398 g/mol. The Morgan fingerprint density at radius 1 is 0.969 bits per heavy atom. The molecule has 1 unspecified atom stereocenters. The number of esters is 1. The van der Waals surface area contributed by atoms with E-state index < -0.39 is 0 Å². The SMILES string of the molecule is CCC(C)C(=O)Nc1ccc(CCOC(=O)c2ccc3c(c2)C(C)(C)CCC3(C)C)cc1. The fourth-order valence-corrected chi connectivity index (χ4v) is 4.27. The molecule has 0 fully saturated rings. The Kier molecular flexibility index (Phi) is 7.12. The zero-order valence-electron chi connectivity index (χ0n) is 20.4. The lowest BCUT2D eigenvalue weighted by atomic mass is 9.63. The van der Waals surface area contributed by atoms with Crippen LogP contribution in [0.3, 0.4) is 0 Å². The van der Waals surface area contributed by atoms with Crippen LogP contribution in [-0.4, -0.2) is 18.5 Å². The van der Waals surface area contributed by atoms with Crippen LogP contribution in [0.5, 0.6) is 0 Å². The van der Waals surface area contributed by atoms with E-state index in [0.717, 1.165) is 30.5 Å². The van der Waals surface area contributed by atoms with Gasteiger partial charge in [0.25, 0.3) is 0 Å². The molecule has 0 saturated carbocycles. The third-order valence-electron chi connectivity index (χ3n) is 6.99. The minimum atomic E-state index is -0.274. The lowest BCUT2D eigenvalue weighted by Crippen LogP contribution is -2.34. The Bertz CT molecular complexity index is 973. The van der Waals surface area contributed by atoms with E-state index in [1.165, 1.54) is 11.1 Å². The van der Waals surface area contributed by atoms with E-state index in [9.17, 15) is 9.59 Å². The van der Waals surface area contributed by atoms with Crippen molar-refractivity contribution in [3.05, 3.63) is 64.7 Å². The summed E-state index contributed by atoms with van der Waals surface area (Å²) >= 11 is 0. The molecule has 4 heteroatoms. The fourth-order valence-electron chi connectivity index (χ4n) is 4.27. The van der Waals surface area contributed by atoms with Gasteiger partial charge in [-0.15, -0.1) is 0 Å². The van der Waals surface area contributed by atoms with E-state index in [-0.39, 0.29) is 28.6 Å². The molecular formula is C28H37NO3. The molecule has 2 aromatic rings. The van der Waals surface area contributed by atoms with Crippen LogP contribution in [0.25, 0.3) is 0 Å². The summed E-state index contributed by atoms with van der Waals surface area (Å²) in [6.07, 6.45) is 3.71. The summed E-state index contributed by atoms with van der Waals surface area (Å²) in [4.78, 5) is 24.7. The molecule has 0 saturated heterocycles. The summed E-state index contributed by atoms with van der Waals surface area (Å²) in [7, 11) is 0. The third kappa shape index (κ3) is 5.40. The van der Waals surface area contributed by atoms with Crippen molar-refractivity contribution >= 4 is 17.6 Å². The molecule has 1 aliphatic rings. The van der Waals surface area contributed by atoms with Crippen LogP contribution < -0.4 is 5.32 Å². The second-order valence-electron chi connectivity index (χ2n) is 10.4. The zero-order chi connectivity index (χ0) is 23.5. The first-order valence-corrected chi connectivity index (χ1v) is 11.8. The molecule has 0 aromatic heterocycles. The predicted molar refractivity (Wildman–Crippen MR) is 130 cm³/mol. The largest absolute Gasteiger partial charge is 0.462 e. The molecule has 172 valence electrons. The highest BCUT2D eigenvalue weighted by atomic mass is 16.5. The van der Waals surface area contributed by atoms with E-state index in [4.69, 9.17) is 4.74 Å². The van der Waals surface area contributed by atoms with Gasteiger partial charge < -0.3 is 10.1 Å². The Morgan fingerprint density at radius 2 is 1.59 bits per heavy atom. The number of anilines is 1. The molecule has 0 aliphatic heterocycles. The smallest absolute Gasteiger partial charge is 0.338 e. The summed E-state index contributed by atoms with van der Waals surface area (Å²) in [5, 5.41) is 2.93. The van der Waals surface area contributed by atoms with E-state index in [1.54, 1.807) is 0 Å². The highest BCUT2D eigenvalue weighted by molar-refractivity contribution is 5.92. The second-order valence-corrected chi connectivity index (χ2v) is 10.4. The van der Waals surface area contributed by atoms with E-state index in [1.807, 2.05) is 50.2 Å². The maximum atomic E-state index is 12.7. The topological polar surface area (TPSA) is 55.4 Å². The number of benzene rings is 2. The van der Waals surface area contributed by atoms with Crippen molar-refractivity contribution in [2.24, 2.45) is 5.92 Å². The molecule has 1 atom stereocenters. The van der Waals surface area contributed by atoms with Crippen LogP contribution in [-0.2, 0) is 26.8 Å². The molecule has 1 N–H and O–H groups in total. The summed E-state index contributed by atoms with van der Waals surface area (Å²) < 4.78 is 5.58. The lowest BCUT2D eigenvalue weighted by Gasteiger charge is -2.41. The average Bonchev–Trinajstić information content (AvgIpc) is 2.77. The van der Waals surface area contributed by atoms with Crippen LogP contribution >= 0.6 is 0 Å². The maximum absolute atomic E-state index is 12.7. The van der Waals surface area contributed by atoms with Crippen molar-refractivity contribution in [3.63, 3.8) is 0 Å². The molecule has 1 amide bonds. The molecule has 32 heavy (non-hydrogen) atoms. The van der Waals surface area contributed by atoms with Gasteiger partial charge in [0.05, 0.1) is 12.2 Å². The van der Waals surface area contributed by atoms with Gasteiger partial charge in [-0.25, -0.2) is 4.79 Å². The van der Waals surface area contributed by atoms with Gasteiger partial charge in [0.15, 0.2) is 0 Å². The van der Waals surface area contributed by atoms with Gasteiger partial charge in [-0.05, 0) is 71.0 Å². The van der Waals surface area contributed by atoms with Crippen LogP contribution in [0, 0.1) is 5.92 Å². The van der Waals surface area contributed by atoms with Crippen molar-refractivity contribution in [1.29, 1.82) is 0 Å². The molecule has 1 aliphatic carbocycles. The Labute approximate surface area is 192 Å². The monoisotopic (exact) mass is 435 g/mol. The van der Waals surface area contributed by atoms with Crippen molar-refractivity contribution in [2.75, 3.05) is 11.9 Å². The minimum absolute atomic E-state index is 0.00525. The molecule has 0 spiro atoms. The first-order chi connectivity index (χ1) is 15.0. The summed E-state index contributed by atoms with van der Waals surface area (Å²) in [5.41, 5.74) is 5.27. The molecule has 0 heterocycles. The lowest BCUT2D eigenvalue weighted by molar-refractivity contribution is -0.119. The molecule has 2 aromatic carbocycles. The van der Waals surface area contributed by atoms with Crippen LogP contribution in [0.4, 0.5) is 5.69 Å². The summed E-state index contributed by atoms with van der Waals surface area (Å²) in [5.74, 6) is -0.246. The van der Waals surface area contributed by atoms with Gasteiger partial charge in [-0.2, -0.15) is 0 Å². The number of nitrogens with one attached hydrogen (secondary N) is 1. The fraction of sp³-hybridized carbons (Fsp3) is 0.500. The van der Waals surface area contributed by atoms with Crippen LogP contribution in [0.1, 0.15) is 87.9 Å². The van der Waals surface area contributed by atoms with Gasteiger partial charge >= 0.3 is 5.97 Å². The van der Waals surface area contributed by atoms with Crippen molar-refractivity contribution in [1.82, 2.24) is 0 Å². The number of carbonyl (C=O) groups excluding carboxylic acids is 2. The number of hydrogen-bond acceptors (Lipinski definition) is 3. The minimum Gasteiger partial charge on any atom is -0.462 e. The van der Waals surface area contributed by atoms with Gasteiger partial charge in [-0.3, -0.25) is 4.79 Å². The summed E-state index contributed by atoms with van der Waals surface area (Å²) in [6.45, 7) is 13.3. The molecule has 0 radical (unpaired) electrons. The number of carbonyl (C=O) groups is 2. The Morgan fingerprint density at radius 3 is 2.22 bits per heavy atom. The third-order valence-corrected chi connectivity index (χ3v) is 6.99. The van der Waals surface area contributed by atoms with E-state index in [0.29, 0.717) is 18.6 Å². The average molecular weight is 436 g/mol. The van der Waals surface area contributed by atoms with Crippen molar-refractivity contribution in [2.45, 2.75) is 78.1 Å². The van der Waals surface area contributed by atoms with Gasteiger partial charge in [0.1, 0.15) is 0 Å². The maximum Gasteiger partial charge on any atom is 0.338 e.